The van der Waals surface area contributed by atoms with Crippen molar-refractivity contribution >= 4 is 23.7 Å². The number of phenolic OH excluding ortho intramolecular Hbond substituents is 1. The van der Waals surface area contributed by atoms with Crippen molar-refractivity contribution in [3.05, 3.63) is 59.7 Å². The number of alkyl halides is 3. The van der Waals surface area contributed by atoms with Gasteiger partial charge in [-0.05, 0) is 48.0 Å². The lowest BCUT2D eigenvalue weighted by molar-refractivity contribution is -0.137. The number of phenols is 1. The number of anilines is 1. The number of halogens is 3. The smallest absolute Gasteiger partial charge is 0.416 e. The van der Waals surface area contributed by atoms with Gasteiger partial charge in [-0.2, -0.15) is 18.3 Å². The number of nitrogens with one attached hydrogen (secondary N) is 2. The Balaban J connectivity index is 1.85. The molecular weight excluding hydrogens is 351 g/mol. The van der Waals surface area contributed by atoms with Gasteiger partial charge in [0.05, 0.1) is 11.8 Å². The van der Waals surface area contributed by atoms with Gasteiger partial charge >= 0.3 is 6.18 Å². The average Bonchev–Trinajstić information content (AvgIpc) is 2.56. The normalized spacial score (nSPS) is 11.3. The minimum Gasteiger partial charge on any atom is -0.508 e. The number of amides is 2. The van der Waals surface area contributed by atoms with E-state index in [0.29, 0.717) is 5.56 Å². The molecule has 0 bridgehead atoms. The first-order chi connectivity index (χ1) is 12.2. The second-order valence-electron chi connectivity index (χ2n) is 5.19. The van der Waals surface area contributed by atoms with Crippen molar-refractivity contribution in [3.63, 3.8) is 0 Å². The molecule has 0 spiro atoms. The highest BCUT2D eigenvalue weighted by atomic mass is 19.4. The number of benzene rings is 2. The Hall–Kier alpha value is -3.36. The maximum atomic E-state index is 12.6. The minimum atomic E-state index is -4.53. The molecular formula is C17H14F3N3O3. The molecule has 0 heterocycles. The van der Waals surface area contributed by atoms with Crippen LogP contribution in [0.15, 0.2) is 53.6 Å². The Bertz CT molecular complexity index is 818. The van der Waals surface area contributed by atoms with Gasteiger partial charge in [-0.25, -0.2) is 5.43 Å². The van der Waals surface area contributed by atoms with Crippen LogP contribution in [-0.2, 0) is 15.8 Å². The highest BCUT2D eigenvalue weighted by molar-refractivity contribution is 6.03. The molecule has 0 radical (unpaired) electrons. The summed E-state index contributed by atoms with van der Waals surface area (Å²) < 4.78 is 37.8. The second kappa shape index (κ2) is 8.15. The standard InChI is InChI=1S/C17H14F3N3O3/c18-17(19,20)12-2-1-3-13(8-12)22-15(25)9-16(26)23-21-10-11-4-6-14(24)7-5-11/h1-8,10,24H,9H2,(H,22,25)(H,23,26)/b21-10+. The Morgan fingerprint density at radius 1 is 1.08 bits per heavy atom. The number of hydrogen-bond donors (Lipinski definition) is 3. The van der Waals surface area contributed by atoms with E-state index in [9.17, 15) is 22.8 Å². The van der Waals surface area contributed by atoms with Crippen molar-refractivity contribution in [2.75, 3.05) is 5.32 Å². The van der Waals surface area contributed by atoms with Crippen LogP contribution in [0.25, 0.3) is 0 Å². The maximum Gasteiger partial charge on any atom is 0.416 e. The lowest BCUT2D eigenvalue weighted by Gasteiger charge is -2.09. The maximum absolute atomic E-state index is 12.6. The molecule has 136 valence electrons. The van der Waals surface area contributed by atoms with Crippen molar-refractivity contribution in [2.24, 2.45) is 5.10 Å². The van der Waals surface area contributed by atoms with Crippen LogP contribution in [0.1, 0.15) is 17.5 Å². The topological polar surface area (TPSA) is 90.8 Å². The summed E-state index contributed by atoms with van der Waals surface area (Å²) in [5.41, 5.74) is 1.76. The quantitative estimate of drug-likeness (QED) is 0.432. The van der Waals surface area contributed by atoms with Gasteiger partial charge in [0, 0.05) is 5.69 Å². The van der Waals surface area contributed by atoms with Gasteiger partial charge in [0.1, 0.15) is 12.2 Å². The van der Waals surface area contributed by atoms with E-state index in [0.717, 1.165) is 18.2 Å². The summed E-state index contributed by atoms with van der Waals surface area (Å²) >= 11 is 0. The number of hydrazone groups is 1. The first-order valence-electron chi connectivity index (χ1n) is 7.32. The van der Waals surface area contributed by atoms with Gasteiger partial charge in [0.25, 0.3) is 0 Å². The second-order valence-corrected chi connectivity index (χ2v) is 5.19. The predicted molar refractivity (Wildman–Crippen MR) is 88.5 cm³/mol. The van der Waals surface area contributed by atoms with E-state index in [-0.39, 0.29) is 11.4 Å². The number of nitrogens with zero attached hydrogens (tertiary/aromatic N) is 1. The van der Waals surface area contributed by atoms with Crippen LogP contribution in [-0.4, -0.2) is 23.1 Å². The van der Waals surface area contributed by atoms with Crippen LogP contribution in [0.4, 0.5) is 18.9 Å². The Morgan fingerprint density at radius 2 is 1.77 bits per heavy atom. The third-order valence-corrected chi connectivity index (χ3v) is 3.09. The zero-order valence-electron chi connectivity index (χ0n) is 13.2. The van der Waals surface area contributed by atoms with Crippen LogP contribution in [0.2, 0.25) is 0 Å². The zero-order chi connectivity index (χ0) is 19.2. The van der Waals surface area contributed by atoms with E-state index in [1.807, 2.05) is 0 Å². The first-order valence-corrected chi connectivity index (χ1v) is 7.32. The summed E-state index contributed by atoms with van der Waals surface area (Å²) in [6.45, 7) is 0. The summed E-state index contributed by atoms with van der Waals surface area (Å²) in [4.78, 5) is 23.3. The molecule has 2 aromatic carbocycles. The molecule has 0 aromatic heterocycles. The van der Waals surface area contributed by atoms with Gasteiger partial charge in [-0.15, -0.1) is 0 Å². The summed E-state index contributed by atoms with van der Waals surface area (Å²) in [6.07, 6.45) is -3.83. The monoisotopic (exact) mass is 365 g/mol. The number of carbonyl (C=O) groups excluding carboxylic acids is 2. The van der Waals surface area contributed by atoms with Crippen molar-refractivity contribution < 1.29 is 27.9 Å². The predicted octanol–water partition coefficient (Wildman–Crippen LogP) is 2.89. The lowest BCUT2D eigenvalue weighted by Crippen LogP contribution is -2.24. The first kappa shape index (κ1) is 19.0. The Kier molecular flexibility index (Phi) is 5.94. The molecule has 0 aliphatic rings. The fraction of sp³-hybridized carbons (Fsp3) is 0.118. The molecule has 3 N–H and O–H groups in total. The number of aromatic hydroxyl groups is 1. The zero-order valence-corrected chi connectivity index (χ0v) is 13.2. The molecule has 6 nitrogen and oxygen atoms in total. The number of rotatable bonds is 5. The lowest BCUT2D eigenvalue weighted by atomic mass is 10.2. The van der Waals surface area contributed by atoms with E-state index in [4.69, 9.17) is 5.11 Å². The summed E-state index contributed by atoms with van der Waals surface area (Å²) in [7, 11) is 0. The molecule has 2 rings (SSSR count). The average molecular weight is 365 g/mol. The van der Waals surface area contributed by atoms with Crippen molar-refractivity contribution in [1.82, 2.24) is 5.43 Å². The van der Waals surface area contributed by atoms with Gasteiger partial charge < -0.3 is 10.4 Å². The fourth-order valence-electron chi connectivity index (χ4n) is 1.90. The van der Waals surface area contributed by atoms with Crippen molar-refractivity contribution in [1.29, 1.82) is 0 Å². The van der Waals surface area contributed by atoms with Gasteiger partial charge in [0.15, 0.2) is 0 Å². The summed E-state index contributed by atoms with van der Waals surface area (Å²) in [5, 5.41) is 15.0. The van der Waals surface area contributed by atoms with Crippen LogP contribution >= 0.6 is 0 Å². The number of carbonyl (C=O) groups is 2. The molecule has 0 atom stereocenters. The number of hydrogen-bond acceptors (Lipinski definition) is 4. The van der Waals surface area contributed by atoms with Gasteiger partial charge in [0.2, 0.25) is 11.8 Å². The van der Waals surface area contributed by atoms with E-state index in [1.54, 1.807) is 12.1 Å². The fourth-order valence-corrected chi connectivity index (χ4v) is 1.90. The van der Waals surface area contributed by atoms with Crippen LogP contribution in [0.3, 0.4) is 0 Å². The molecule has 9 heteroatoms. The largest absolute Gasteiger partial charge is 0.508 e. The van der Waals surface area contributed by atoms with Gasteiger partial charge in [-0.3, -0.25) is 9.59 Å². The molecule has 2 aromatic rings. The van der Waals surface area contributed by atoms with Gasteiger partial charge in [-0.1, -0.05) is 6.07 Å². The molecule has 0 unspecified atom stereocenters. The molecule has 0 aliphatic heterocycles. The van der Waals surface area contributed by atoms with Crippen LogP contribution in [0, 0.1) is 0 Å². The third kappa shape index (κ3) is 5.93. The molecule has 2 amide bonds. The van der Waals surface area contributed by atoms with E-state index >= 15 is 0 Å². The Morgan fingerprint density at radius 3 is 2.42 bits per heavy atom. The van der Waals surface area contributed by atoms with Crippen LogP contribution < -0.4 is 10.7 Å². The van der Waals surface area contributed by atoms with E-state index < -0.39 is 30.0 Å². The molecule has 26 heavy (non-hydrogen) atoms. The van der Waals surface area contributed by atoms with E-state index in [1.165, 1.54) is 24.4 Å². The Labute approximate surface area is 146 Å². The molecule has 0 fully saturated rings. The third-order valence-electron chi connectivity index (χ3n) is 3.09. The highest BCUT2D eigenvalue weighted by Gasteiger charge is 2.30. The van der Waals surface area contributed by atoms with Crippen molar-refractivity contribution in [2.45, 2.75) is 12.6 Å². The van der Waals surface area contributed by atoms with Crippen LogP contribution in [0.5, 0.6) is 5.75 Å². The SMILES string of the molecule is O=C(CC(=O)Nc1cccc(C(F)(F)F)c1)N/N=C/c1ccc(O)cc1. The molecule has 0 saturated heterocycles. The molecule has 0 aliphatic carbocycles. The minimum absolute atomic E-state index is 0.0646. The van der Waals surface area contributed by atoms with E-state index in [2.05, 4.69) is 15.8 Å². The highest BCUT2D eigenvalue weighted by Crippen LogP contribution is 2.30. The summed E-state index contributed by atoms with van der Waals surface area (Å²) in [6, 6.07) is 10.1. The van der Waals surface area contributed by atoms with Crippen molar-refractivity contribution in [3.8, 4) is 5.75 Å². The molecule has 0 saturated carbocycles. The summed E-state index contributed by atoms with van der Waals surface area (Å²) in [5.74, 6) is -1.43.